The van der Waals surface area contributed by atoms with Gasteiger partial charge in [-0.2, -0.15) is 0 Å². The Bertz CT molecular complexity index is 333. The fraction of sp³-hybridized carbons (Fsp3) is 0.417. The minimum atomic E-state index is 0. The summed E-state index contributed by atoms with van der Waals surface area (Å²) >= 11 is 1.75. The number of rotatable bonds is 3. The second-order valence-electron chi connectivity index (χ2n) is 3.71. The molecular weight excluding hydrogens is 341 g/mol. The van der Waals surface area contributed by atoms with Crippen molar-refractivity contribution in [2.75, 3.05) is 7.11 Å². The number of hydrogen-bond donors (Lipinski definition) is 0. The Labute approximate surface area is 160 Å². The first-order valence-corrected chi connectivity index (χ1v) is 5.95. The van der Waals surface area contributed by atoms with Crippen LogP contribution in [0.1, 0.15) is 13.3 Å². The summed E-state index contributed by atoms with van der Waals surface area (Å²) in [7, 11) is 1.69. The molecule has 0 aliphatic carbocycles. The summed E-state index contributed by atoms with van der Waals surface area (Å²) in [5.41, 5.74) is 0.257. The minimum absolute atomic E-state index is 0. The van der Waals surface area contributed by atoms with Crippen LogP contribution in [0.25, 0.3) is 0 Å². The van der Waals surface area contributed by atoms with E-state index in [2.05, 4.69) is 13.0 Å². The third-order valence-corrected chi connectivity index (χ3v) is 3.43. The first kappa shape index (κ1) is 15.4. The molecule has 2 atom stereocenters. The average Bonchev–Trinajstić information content (AvgIpc) is 2.64. The van der Waals surface area contributed by atoms with Gasteiger partial charge in [-0.3, -0.25) is 0 Å². The Kier molecular flexibility index (Phi) is 7.47. The van der Waals surface area contributed by atoms with Crippen molar-refractivity contribution in [3.05, 3.63) is 30.9 Å². The molecule has 82 valence electrons. The standard InChI is InChI=1S/C12H15O2S.Cs/c1-9-6-12(14-8-9)15-11-5-3-4-10(7-11)13-2;/h3-5,7-9,12H,6H2,1-2H3;/q-1;+1/t9-,12?;/m1./s1. The van der Waals surface area contributed by atoms with Crippen LogP contribution in [0.3, 0.4) is 0 Å². The van der Waals surface area contributed by atoms with Gasteiger partial charge in [-0.25, -0.2) is 6.61 Å². The van der Waals surface area contributed by atoms with Gasteiger partial charge >= 0.3 is 68.9 Å². The molecule has 4 heteroatoms. The molecule has 16 heavy (non-hydrogen) atoms. The van der Waals surface area contributed by atoms with E-state index in [0.29, 0.717) is 5.92 Å². The van der Waals surface area contributed by atoms with E-state index in [9.17, 15) is 0 Å². The Balaban J connectivity index is 0.00000128. The van der Waals surface area contributed by atoms with E-state index in [-0.39, 0.29) is 74.3 Å². The molecule has 1 aliphatic rings. The molecule has 0 aromatic heterocycles. The monoisotopic (exact) mass is 356 g/mol. The van der Waals surface area contributed by atoms with Crippen LogP contribution in [0, 0.1) is 12.5 Å². The Hall–Kier alpha value is 1.38. The molecule has 1 saturated heterocycles. The summed E-state index contributed by atoms with van der Waals surface area (Å²) in [6.45, 7) is 4.10. The van der Waals surface area contributed by atoms with Crippen molar-refractivity contribution in [2.45, 2.75) is 23.7 Å². The molecule has 1 aliphatic heterocycles. The van der Waals surface area contributed by atoms with Crippen molar-refractivity contribution < 1.29 is 78.4 Å². The van der Waals surface area contributed by atoms with E-state index in [4.69, 9.17) is 9.47 Å². The smallest absolute Gasteiger partial charge is 0.542 e. The molecule has 1 fully saturated rings. The average molecular weight is 356 g/mol. The summed E-state index contributed by atoms with van der Waals surface area (Å²) in [5, 5.41) is 0. The normalized spacial score (nSPS) is 23.9. The van der Waals surface area contributed by atoms with Gasteiger partial charge in [0, 0.05) is 4.90 Å². The van der Waals surface area contributed by atoms with Gasteiger partial charge < -0.3 is 9.47 Å². The number of ether oxygens (including phenoxy) is 2. The third kappa shape index (κ3) is 4.57. The Morgan fingerprint density at radius 2 is 2.31 bits per heavy atom. The molecule has 0 amide bonds. The molecule has 2 nitrogen and oxygen atoms in total. The molecule has 1 unspecified atom stereocenters. The predicted octanol–water partition coefficient (Wildman–Crippen LogP) is 0.336. The van der Waals surface area contributed by atoms with Crippen molar-refractivity contribution >= 4 is 11.8 Å². The summed E-state index contributed by atoms with van der Waals surface area (Å²) in [4.78, 5) is 1.20. The summed E-state index contributed by atoms with van der Waals surface area (Å²) in [5.74, 6) is 1.46. The zero-order valence-electron chi connectivity index (χ0n) is 9.97. The molecular formula is C12H15CsO2S. The van der Waals surface area contributed by atoms with Crippen molar-refractivity contribution in [2.24, 2.45) is 5.92 Å². The largest absolute Gasteiger partial charge is 1.00 e. The molecule has 1 aromatic carbocycles. The second kappa shape index (κ2) is 7.74. The van der Waals surface area contributed by atoms with Gasteiger partial charge in [0.1, 0.15) is 5.75 Å². The van der Waals surface area contributed by atoms with Gasteiger partial charge in [0.2, 0.25) is 0 Å². The number of benzene rings is 1. The van der Waals surface area contributed by atoms with Crippen LogP contribution in [-0.2, 0) is 4.74 Å². The molecule has 0 spiro atoms. The van der Waals surface area contributed by atoms with Gasteiger partial charge in [-0.1, -0.05) is 24.8 Å². The maximum Gasteiger partial charge on any atom is 1.00 e. The topological polar surface area (TPSA) is 18.5 Å². The van der Waals surface area contributed by atoms with Gasteiger partial charge in [-0.15, -0.1) is 5.92 Å². The van der Waals surface area contributed by atoms with E-state index >= 15 is 0 Å². The molecule has 2 rings (SSSR count). The maximum absolute atomic E-state index is 5.54. The summed E-state index contributed by atoms with van der Waals surface area (Å²) in [6, 6.07) is 8.08. The van der Waals surface area contributed by atoms with Gasteiger partial charge in [-0.05, 0) is 24.6 Å². The van der Waals surface area contributed by atoms with Gasteiger partial charge in [0.15, 0.2) is 0 Å². The predicted molar refractivity (Wildman–Crippen MR) is 61.8 cm³/mol. The fourth-order valence-electron chi connectivity index (χ4n) is 1.54. The van der Waals surface area contributed by atoms with E-state index in [0.717, 1.165) is 12.2 Å². The first-order valence-electron chi connectivity index (χ1n) is 5.07. The second-order valence-corrected chi connectivity index (χ2v) is 4.94. The Morgan fingerprint density at radius 1 is 1.50 bits per heavy atom. The number of methoxy groups -OCH3 is 1. The van der Waals surface area contributed by atoms with Crippen molar-refractivity contribution in [1.29, 1.82) is 0 Å². The van der Waals surface area contributed by atoms with Crippen LogP contribution < -0.4 is 73.6 Å². The molecule has 0 radical (unpaired) electrons. The van der Waals surface area contributed by atoms with Crippen LogP contribution in [0.2, 0.25) is 0 Å². The van der Waals surface area contributed by atoms with E-state index in [1.54, 1.807) is 18.9 Å². The van der Waals surface area contributed by atoms with E-state index in [1.807, 2.05) is 24.8 Å². The SMILES string of the molecule is COc1cccc(SC2C[C@@H](C)[CH-]O2)c1.[Cs+]. The van der Waals surface area contributed by atoms with Gasteiger partial charge in [0.25, 0.3) is 0 Å². The zero-order valence-corrected chi connectivity index (χ0v) is 17.1. The third-order valence-electron chi connectivity index (χ3n) is 2.34. The molecule has 1 aromatic rings. The molecule has 0 saturated carbocycles. The van der Waals surface area contributed by atoms with Crippen LogP contribution in [0.5, 0.6) is 5.75 Å². The van der Waals surface area contributed by atoms with E-state index in [1.165, 1.54) is 4.90 Å². The fourth-order valence-corrected chi connectivity index (χ4v) is 2.70. The van der Waals surface area contributed by atoms with Crippen molar-refractivity contribution in [3.63, 3.8) is 0 Å². The van der Waals surface area contributed by atoms with E-state index < -0.39 is 0 Å². The zero-order chi connectivity index (χ0) is 10.7. The molecule has 1 heterocycles. The first-order chi connectivity index (χ1) is 7.28. The number of thioether (sulfide) groups is 1. The maximum atomic E-state index is 5.54. The molecule has 0 bridgehead atoms. The Morgan fingerprint density at radius 3 is 2.94 bits per heavy atom. The molecule has 0 N–H and O–H groups in total. The van der Waals surface area contributed by atoms with Crippen LogP contribution in [0.4, 0.5) is 0 Å². The van der Waals surface area contributed by atoms with Crippen molar-refractivity contribution in [1.82, 2.24) is 0 Å². The summed E-state index contributed by atoms with van der Waals surface area (Å²) in [6.07, 6.45) is 1.09. The number of hydrogen-bond acceptors (Lipinski definition) is 3. The van der Waals surface area contributed by atoms with Gasteiger partial charge in [0.05, 0.1) is 12.5 Å². The quantitative estimate of drug-likeness (QED) is 0.728. The minimum Gasteiger partial charge on any atom is -0.542 e. The van der Waals surface area contributed by atoms with Crippen LogP contribution in [-0.4, -0.2) is 12.5 Å². The van der Waals surface area contributed by atoms with Crippen molar-refractivity contribution in [3.8, 4) is 5.75 Å². The van der Waals surface area contributed by atoms with Crippen LogP contribution in [0.15, 0.2) is 29.2 Å². The summed E-state index contributed by atoms with van der Waals surface area (Å²) < 4.78 is 10.7. The van der Waals surface area contributed by atoms with Crippen LogP contribution >= 0.6 is 11.8 Å².